The molecular weight excluding hydrogens is 327 g/mol. The molecule has 4 nitrogen and oxygen atoms in total. The van der Waals surface area contributed by atoms with Gasteiger partial charge in [0.2, 0.25) is 0 Å². The Bertz CT molecular complexity index is 1150. The van der Waals surface area contributed by atoms with E-state index < -0.39 is 6.17 Å². The lowest BCUT2D eigenvalue weighted by Crippen LogP contribution is -2.22. The Morgan fingerprint density at radius 1 is 0.654 bits per heavy atom. The maximum absolute atomic E-state index is 14.7. The van der Waals surface area contributed by atoms with Crippen LogP contribution in [-0.4, -0.2) is 19.6 Å². The first-order valence-corrected chi connectivity index (χ1v) is 8.42. The van der Waals surface area contributed by atoms with Gasteiger partial charge in [0.15, 0.2) is 6.17 Å². The van der Waals surface area contributed by atoms with Crippen molar-refractivity contribution in [1.29, 1.82) is 0 Å². The number of nitrogens with zero attached hydrogens (tertiary/aromatic N) is 4. The van der Waals surface area contributed by atoms with Crippen LogP contribution in [0.3, 0.4) is 0 Å². The van der Waals surface area contributed by atoms with E-state index in [1.54, 1.807) is 24.5 Å². The van der Waals surface area contributed by atoms with Gasteiger partial charge in [-0.15, -0.1) is 0 Å². The smallest absolute Gasteiger partial charge is 0.172 e. The second kappa shape index (κ2) is 5.81. The summed E-state index contributed by atoms with van der Waals surface area (Å²) < 4.78 is 18.4. The summed E-state index contributed by atoms with van der Waals surface area (Å²) in [5.74, 6) is -0.281. The molecule has 3 aromatic carbocycles. The highest BCUT2D eigenvalue weighted by atomic mass is 19.1. The molecule has 0 radical (unpaired) electrons. The van der Waals surface area contributed by atoms with E-state index in [-0.39, 0.29) is 5.82 Å². The van der Waals surface area contributed by atoms with Gasteiger partial charge in [0, 0.05) is 16.3 Å². The monoisotopic (exact) mass is 342 g/mol. The summed E-state index contributed by atoms with van der Waals surface area (Å²) in [6, 6.07) is 22.6. The van der Waals surface area contributed by atoms with Crippen molar-refractivity contribution in [3.8, 4) is 0 Å². The highest BCUT2D eigenvalue weighted by Crippen LogP contribution is 2.29. The predicted octanol–water partition coefficient (Wildman–Crippen LogP) is 4.62. The van der Waals surface area contributed by atoms with Crippen molar-refractivity contribution < 1.29 is 4.39 Å². The number of hydrogen-bond donors (Lipinski definition) is 0. The molecule has 5 rings (SSSR count). The Kier molecular flexibility index (Phi) is 3.31. The molecule has 0 saturated heterocycles. The van der Waals surface area contributed by atoms with Crippen LogP contribution in [0.4, 0.5) is 4.39 Å². The second-order valence-corrected chi connectivity index (χ2v) is 6.19. The first kappa shape index (κ1) is 14.8. The molecule has 126 valence electrons. The number of para-hydroxylation sites is 2. The quantitative estimate of drug-likeness (QED) is 0.480. The fourth-order valence-electron chi connectivity index (χ4n) is 3.43. The third-order valence-electron chi connectivity index (χ3n) is 4.66. The van der Waals surface area contributed by atoms with Crippen LogP contribution in [0, 0.1) is 5.82 Å². The second-order valence-electron chi connectivity index (χ2n) is 6.19. The molecule has 0 atom stereocenters. The van der Waals surface area contributed by atoms with Gasteiger partial charge in [-0.1, -0.05) is 54.6 Å². The highest BCUT2D eigenvalue weighted by molar-refractivity contribution is 5.80. The maximum Gasteiger partial charge on any atom is 0.172 e. The van der Waals surface area contributed by atoms with Gasteiger partial charge in [0.25, 0.3) is 0 Å². The van der Waals surface area contributed by atoms with Gasteiger partial charge in [-0.25, -0.2) is 13.8 Å². The van der Waals surface area contributed by atoms with Crippen LogP contribution >= 0.6 is 0 Å². The first-order chi connectivity index (χ1) is 12.8. The number of aromatic nitrogens is 4. The Labute approximate surface area is 149 Å². The molecule has 0 unspecified atom stereocenters. The highest BCUT2D eigenvalue weighted by Gasteiger charge is 2.24. The van der Waals surface area contributed by atoms with E-state index in [4.69, 9.17) is 0 Å². The lowest BCUT2D eigenvalue weighted by atomic mass is 10.1. The summed E-state index contributed by atoms with van der Waals surface area (Å²) >= 11 is 0. The minimum atomic E-state index is -0.518. The zero-order valence-corrected chi connectivity index (χ0v) is 13.8. The van der Waals surface area contributed by atoms with Gasteiger partial charge in [-0.05, 0) is 18.2 Å². The molecule has 0 spiro atoms. The van der Waals surface area contributed by atoms with Gasteiger partial charge in [0.1, 0.15) is 5.82 Å². The van der Waals surface area contributed by atoms with Crippen molar-refractivity contribution in [3.63, 3.8) is 0 Å². The maximum atomic E-state index is 14.7. The van der Waals surface area contributed by atoms with Crippen LogP contribution in [0.2, 0.25) is 0 Å². The zero-order valence-electron chi connectivity index (χ0n) is 13.8. The fraction of sp³-hybridized carbons (Fsp3) is 0.0476. The lowest BCUT2D eigenvalue weighted by Gasteiger charge is -2.21. The SMILES string of the molecule is Fc1ccccc1C(n1ncc2ccccc21)n1ncc2ccccc21. The molecule has 0 N–H and O–H groups in total. The molecule has 0 bridgehead atoms. The summed E-state index contributed by atoms with van der Waals surface area (Å²) in [6.07, 6.45) is 3.08. The van der Waals surface area contributed by atoms with E-state index in [2.05, 4.69) is 10.2 Å². The molecule has 0 aliphatic heterocycles. The van der Waals surface area contributed by atoms with E-state index in [9.17, 15) is 4.39 Å². The van der Waals surface area contributed by atoms with Crippen LogP contribution in [0.1, 0.15) is 11.7 Å². The Morgan fingerprint density at radius 2 is 1.15 bits per heavy atom. The summed E-state index contributed by atoms with van der Waals surface area (Å²) in [6.45, 7) is 0. The van der Waals surface area contributed by atoms with Crippen molar-refractivity contribution in [2.75, 3.05) is 0 Å². The number of hydrogen-bond acceptors (Lipinski definition) is 2. The van der Waals surface area contributed by atoms with Gasteiger partial charge >= 0.3 is 0 Å². The summed E-state index contributed by atoms with van der Waals surface area (Å²) in [4.78, 5) is 0. The van der Waals surface area contributed by atoms with Gasteiger partial charge in [0.05, 0.1) is 23.4 Å². The van der Waals surface area contributed by atoms with Crippen molar-refractivity contribution in [1.82, 2.24) is 19.6 Å². The predicted molar refractivity (Wildman–Crippen MR) is 99.4 cm³/mol. The fourth-order valence-corrected chi connectivity index (χ4v) is 3.43. The van der Waals surface area contributed by atoms with Crippen LogP contribution in [0.5, 0.6) is 0 Å². The molecule has 5 heteroatoms. The summed E-state index contributed by atoms with van der Waals surface area (Å²) in [7, 11) is 0. The van der Waals surface area contributed by atoms with E-state index >= 15 is 0 Å². The van der Waals surface area contributed by atoms with Crippen LogP contribution < -0.4 is 0 Å². The third kappa shape index (κ3) is 2.21. The van der Waals surface area contributed by atoms with Crippen LogP contribution in [0.15, 0.2) is 85.2 Å². The molecule has 26 heavy (non-hydrogen) atoms. The minimum Gasteiger partial charge on any atom is -0.236 e. The van der Waals surface area contributed by atoms with E-state index in [0.717, 1.165) is 21.8 Å². The van der Waals surface area contributed by atoms with Crippen LogP contribution in [-0.2, 0) is 0 Å². The standard InChI is InChI=1S/C21H15FN4/c22-18-10-4-3-9-17(18)21(25-19-11-5-1-7-15(19)13-23-25)26-20-12-6-2-8-16(20)14-24-26/h1-14,21H. The van der Waals surface area contributed by atoms with Crippen molar-refractivity contribution in [3.05, 3.63) is 96.6 Å². The third-order valence-corrected chi connectivity index (χ3v) is 4.66. The molecule has 0 saturated carbocycles. The van der Waals surface area contributed by atoms with Gasteiger partial charge in [-0.3, -0.25) is 0 Å². The molecule has 2 aromatic heterocycles. The average molecular weight is 342 g/mol. The van der Waals surface area contributed by atoms with Crippen molar-refractivity contribution in [2.45, 2.75) is 6.17 Å². The summed E-state index contributed by atoms with van der Waals surface area (Å²) in [5.41, 5.74) is 2.39. The number of benzene rings is 3. The molecule has 0 aliphatic rings. The van der Waals surface area contributed by atoms with E-state index in [1.165, 1.54) is 6.07 Å². The van der Waals surface area contributed by atoms with Crippen molar-refractivity contribution in [2.24, 2.45) is 0 Å². The Balaban J connectivity index is 1.83. The van der Waals surface area contributed by atoms with Gasteiger partial charge < -0.3 is 0 Å². The largest absolute Gasteiger partial charge is 0.236 e. The first-order valence-electron chi connectivity index (χ1n) is 8.42. The van der Waals surface area contributed by atoms with E-state index in [1.807, 2.05) is 64.0 Å². The average Bonchev–Trinajstić information content (AvgIpc) is 3.29. The number of halogens is 1. The molecule has 0 aliphatic carbocycles. The topological polar surface area (TPSA) is 35.6 Å². The Morgan fingerprint density at radius 3 is 1.73 bits per heavy atom. The minimum absolute atomic E-state index is 0.281. The summed E-state index contributed by atoms with van der Waals surface area (Å²) in [5, 5.41) is 11.1. The molecule has 0 fully saturated rings. The molecule has 5 aromatic rings. The van der Waals surface area contributed by atoms with Crippen LogP contribution in [0.25, 0.3) is 21.8 Å². The zero-order chi connectivity index (χ0) is 17.5. The molecular formula is C21H15FN4. The Hall–Kier alpha value is -3.47. The molecule has 2 heterocycles. The lowest BCUT2D eigenvalue weighted by molar-refractivity contribution is 0.423. The van der Waals surface area contributed by atoms with Gasteiger partial charge in [-0.2, -0.15) is 10.2 Å². The normalized spacial score (nSPS) is 11.6. The number of rotatable bonds is 3. The molecule has 0 amide bonds. The van der Waals surface area contributed by atoms with E-state index in [0.29, 0.717) is 5.56 Å². The van der Waals surface area contributed by atoms with Crippen molar-refractivity contribution >= 4 is 21.8 Å². The number of fused-ring (bicyclic) bond motifs is 2.